The van der Waals surface area contributed by atoms with Gasteiger partial charge in [0.05, 0.1) is 0 Å². The van der Waals surface area contributed by atoms with Crippen molar-refractivity contribution in [2.24, 2.45) is 0 Å². The first-order chi connectivity index (χ1) is 7.19. The van der Waals surface area contributed by atoms with Gasteiger partial charge in [0, 0.05) is 12.1 Å². The second-order valence-electron chi connectivity index (χ2n) is 3.15. The van der Waals surface area contributed by atoms with E-state index in [4.69, 9.17) is 10.00 Å². The molecule has 1 unspecified atom stereocenters. The van der Waals surface area contributed by atoms with Crippen LogP contribution in [-0.2, 0) is 6.54 Å². The molecule has 0 aliphatic rings. The van der Waals surface area contributed by atoms with Crippen molar-refractivity contribution < 1.29 is 9.13 Å². The van der Waals surface area contributed by atoms with E-state index in [9.17, 15) is 4.39 Å². The Labute approximate surface area is 88.5 Å². The van der Waals surface area contributed by atoms with Crippen LogP contribution in [0.25, 0.3) is 0 Å². The minimum absolute atomic E-state index is 0.154. The van der Waals surface area contributed by atoms with Gasteiger partial charge in [-0.15, -0.1) is 0 Å². The molecule has 1 N–H and O–H groups in total. The molecule has 0 fully saturated rings. The highest BCUT2D eigenvalue weighted by Gasteiger charge is 2.12. The van der Waals surface area contributed by atoms with Gasteiger partial charge in [-0.1, -0.05) is 12.1 Å². The number of benzene rings is 1. The van der Waals surface area contributed by atoms with Crippen LogP contribution in [-0.4, -0.2) is 13.2 Å². The van der Waals surface area contributed by atoms with Crippen LogP contribution in [0, 0.1) is 17.1 Å². The van der Waals surface area contributed by atoms with Crippen LogP contribution in [0.15, 0.2) is 18.2 Å². The smallest absolute Gasteiger partial charge is 0.181 e. The molecule has 0 saturated heterocycles. The van der Waals surface area contributed by atoms with Crippen molar-refractivity contribution >= 4 is 0 Å². The van der Waals surface area contributed by atoms with Gasteiger partial charge in [-0.2, -0.15) is 5.26 Å². The van der Waals surface area contributed by atoms with Crippen molar-refractivity contribution in [2.45, 2.75) is 19.6 Å². The highest BCUT2D eigenvalue weighted by molar-refractivity contribution is 5.35. The average molecular weight is 208 g/mol. The molecule has 4 heteroatoms. The number of ether oxygens (including phenoxy) is 1. The van der Waals surface area contributed by atoms with E-state index in [2.05, 4.69) is 5.32 Å². The predicted molar refractivity (Wildman–Crippen MR) is 54.9 cm³/mol. The summed E-state index contributed by atoms with van der Waals surface area (Å²) in [6.07, 6.45) is -0.655. The molecular formula is C11H13FN2O. The van der Waals surface area contributed by atoms with Crippen molar-refractivity contribution in [3.05, 3.63) is 29.6 Å². The SMILES string of the molecule is CNCc1cccc(F)c1OC(C)C#N. The summed E-state index contributed by atoms with van der Waals surface area (Å²) in [5.41, 5.74) is 0.708. The molecule has 0 heterocycles. The molecule has 0 aromatic heterocycles. The highest BCUT2D eigenvalue weighted by Crippen LogP contribution is 2.23. The minimum Gasteiger partial charge on any atom is -0.472 e. The lowest BCUT2D eigenvalue weighted by molar-refractivity contribution is 0.259. The normalized spacial score (nSPS) is 11.9. The second-order valence-corrected chi connectivity index (χ2v) is 3.15. The molecule has 0 saturated carbocycles. The number of nitriles is 1. The van der Waals surface area contributed by atoms with Gasteiger partial charge in [-0.3, -0.25) is 0 Å². The lowest BCUT2D eigenvalue weighted by Gasteiger charge is -2.13. The Morgan fingerprint density at radius 3 is 2.93 bits per heavy atom. The van der Waals surface area contributed by atoms with E-state index in [1.807, 2.05) is 6.07 Å². The average Bonchev–Trinajstić information content (AvgIpc) is 2.23. The van der Waals surface area contributed by atoms with Crippen molar-refractivity contribution in [1.29, 1.82) is 5.26 Å². The van der Waals surface area contributed by atoms with Crippen molar-refractivity contribution in [1.82, 2.24) is 5.32 Å². The van der Waals surface area contributed by atoms with Gasteiger partial charge in [0.15, 0.2) is 17.7 Å². The largest absolute Gasteiger partial charge is 0.472 e. The Morgan fingerprint density at radius 2 is 2.33 bits per heavy atom. The maximum absolute atomic E-state index is 13.4. The summed E-state index contributed by atoms with van der Waals surface area (Å²) >= 11 is 0. The first-order valence-electron chi connectivity index (χ1n) is 4.67. The van der Waals surface area contributed by atoms with Crippen molar-refractivity contribution in [3.63, 3.8) is 0 Å². The standard InChI is InChI=1S/C11H13FN2O/c1-8(6-13)15-11-9(7-14-2)4-3-5-10(11)12/h3-5,8,14H,7H2,1-2H3. The van der Waals surface area contributed by atoms with Gasteiger partial charge in [-0.25, -0.2) is 4.39 Å². The molecule has 15 heavy (non-hydrogen) atoms. The van der Waals surface area contributed by atoms with Gasteiger partial charge in [0.1, 0.15) is 6.07 Å². The second kappa shape index (κ2) is 5.32. The number of nitrogens with one attached hydrogen (secondary N) is 1. The summed E-state index contributed by atoms with van der Waals surface area (Å²) in [6, 6.07) is 6.60. The molecule has 80 valence electrons. The van der Waals surface area contributed by atoms with Crippen LogP contribution in [0.1, 0.15) is 12.5 Å². The van der Waals surface area contributed by atoms with E-state index >= 15 is 0 Å². The third-order valence-electron chi connectivity index (χ3n) is 1.89. The quantitative estimate of drug-likeness (QED) is 0.821. The molecule has 0 amide bonds. The molecule has 1 aromatic carbocycles. The summed E-state index contributed by atoms with van der Waals surface area (Å²) in [7, 11) is 1.77. The zero-order valence-corrected chi connectivity index (χ0v) is 8.75. The van der Waals surface area contributed by atoms with Gasteiger partial charge >= 0.3 is 0 Å². The first-order valence-corrected chi connectivity index (χ1v) is 4.67. The summed E-state index contributed by atoms with van der Waals surface area (Å²) in [5, 5.41) is 11.5. The van der Waals surface area contributed by atoms with Crippen LogP contribution in [0.3, 0.4) is 0 Å². The summed E-state index contributed by atoms with van der Waals surface area (Å²) < 4.78 is 18.6. The maximum Gasteiger partial charge on any atom is 0.181 e. The fourth-order valence-electron chi connectivity index (χ4n) is 1.22. The number of hydrogen-bond donors (Lipinski definition) is 1. The molecule has 1 rings (SSSR count). The predicted octanol–water partition coefficient (Wildman–Crippen LogP) is 1.84. The van der Waals surface area contributed by atoms with E-state index in [0.29, 0.717) is 12.1 Å². The number of halogens is 1. The molecule has 3 nitrogen and oxygen atoms in total. The molecular weight excluding hydrogens is 195 g/mol. The fourth-order valence-corrected chi connectivity index (χ4v) is 1.22. The van der Waals surface area contributed by atoms with Crippen molar-refractivity contribution in [3.8, 4) is 11.8 Å². The first kappa shape index (κ1) is 11.5. The molecule has 0 radical (unpaired) electrons. The Hall–Kier alpha value is -1.60. The van der Waals surface area contributed by atoms with Crippen LogP contribution < -0.4 is 10.1 Å². The highest BCUT2D eigenvalue weighted by atomic mass is 19.1. The van der Waals surface area contributed by atoms with E-state index < -0.39 is 11.9 Å². The third kappa shape index (κ3) is 2.93. The van der Waals surface area contributed by atoms with Crippen molar-refractivity contribution in [2.75, 3.05) is 7.05 Å². The zero-order valence-electron chi connectivity index (χ0n) is 8.75. The van der Waals surface area contributed by atoms with E-state index in [1.54, 1.807) is 26.1 Å². The Morgan fingerprint density at radius 1 is 1.60 bits per heavy atom. The maximum atomic E-state index is 13.4. The van der Waals surface area contributed by atoms with E-state index in [0.717, 1.165) is 0 Å². The molecule has 0 aliphatic heterocycles. The van der Waals surface area contributed by atoms with Gasteiger partial charge < -0.3 is 10.1 Å². The van der Waals surface area contributed by atoms with E-state index in [-0.39, 0.29) is 5.75 Å². The number of rotatable bonds is 4. The molecule has 1 aromatic rings. The Balaban J connectivity index is 2.97. The fraction of sp³-hybridized carbons (Fsp3) is 0.364. The zero-order chi connectivity index (χ0) is 11.3. The molecule has 0 bridgehead atoms. The minimum atomic E-state index is -0.655. The molecule has 1 atom stereocenters. The van der Waals surface area contributed by atoms with Gasteiger partial charge in [-0.05, 0) is 20.0 Å². The third-order valence-corrected chi connectivity index (χ3v) is 1.89. The van der Waals surface area contributed by atoms with E-state index in [1.165, 1.54) is 6.07 Å². The number of para-hydroxylation sites is 1. The summed E-state index contributed by atoms with van der Waals surface area (Å²) in [6.45, 7) is 2.08. The Kier molecular flexibility index (Phi) is 4.07. The van der Waals surface area contributed by atoms with Gasteiger partial charge in [0.2, 0.25) is 0 Å². The lowest BCUT2D eigenvalue weighted by Crippen LogP contribution is -2.13. The van der Waals surface area contributed by atoms with Crippen LogP contribution in [0.4, 0.5) is 4.39 Å². The summed E-state index contributed by atoms with van der Waals surface area (Å²) in [5.74, 6) is -0.286. The molecule has 0 spiro atoms. The number of hydrogen-bond acceptors (Lipinski definition) is 3. The van der Waals surface area contributed by atoms with Crippen LogP contribution >= 0.6 is 0 Å². The lowest BCUT2D eigenvalue weighted by atomic mass is 10.2. The topological polar surface area (TPSA) is 45.0 Å². The monoisotopic (exact) mass is 208 g/mol. The Bertz CT molecular complexity index is 373. The molecule has 0 aliphatic carbocycles. The summed E-state index contributed by atoms with van der Waals surface area (Å²) in [4.78, 5) is 0. The van der Waals surface area contributed by atoms with Gasteiger partial charge in [0.25, 0.3) is 0 Å². The number of nitrogens with zero attached hydrogens (tertiary/aromatic N) is 1. The van der Waals surface area contributed by atoms with Crippen LogP contribution in [0.2, 0.25) is 0 Å². The van der Waals surface area contributed by atoms with Crippen LogP contribution in [0.5, 0.6) is 5.75 Å².